The molecule has 7 heteroatoms. The van der Waals surface area contributed by atoms with Crippen LogP contribution in [0.5, 0.6) is 11.5 Å². The van der Waals surface area contributed by atoms with Crippen molar-refractivity contribution in [2.24, 2.45) is 10.9 Å². The first kappa shape index (κ1) is 23.7. The van der Waals surface area contributed by atoms with Gasteiger partial charge in [0.15, 0.2) is 17.5 Å². The molecule has 0 radical (unpaired) electrons. The number of rotatable bonds is 8. The average molecular weight is 536 g/mol. The number of guanidine groups is 1. The van der Waals surface area contributed by atoms with Crippen LogP contribution in [0.3, 0.4) is 0 Å². The lowest BCUT2D eigenvalue weighted by atomic mass is 10.1. The zero-order valence-corrected chi connectivity index (χ0v) is 20.5. The minimum absolute atomic E-state index is 0. The van der Waals surface area contributed by atoms with E-state index in [0.717, 1.165) is 56.5 Å². The predicted molar refractivity (Wildman–Crippen MR) is 136 cm³/mol. The van der Waals surface area contributed by atoms with E-state index in [9.17, 15) is 0 Å². The minimum Gasteiger partial charge on any atom is -0.454 e. The molecule has 0 bridgehead atoms. The van der Waals surface area contributed by atoms with Crippen LogP contribution in [0.25, 0.3) is 0 Å². The number of hydrogen-bond donors (Lipinski definition) is 2. The van der Waals surface area contributed by atoms with Gasteiger partial charge in [-0.1, -0.05) is 36.4 Å². The van der Waals surface area contributed by atoms with Crippen molar-refractivity contribution in [3.05, 3.63) is 59.7 Å². The van der Waals surface area contributed by atoms with Crippen molar-refractivity contribution in [2.75, 3.05) is 46.6 Å². The average Bonchev–Trinajstić information content (AvgIpc) is 3.44. The van der Waals surface area contributed by atoms with E-state index < -0.39 is 0 Å². The van der Waals surface area contributed by atoms with E-state index in [-0.39, 0.29) is 24.0 Å². The summed E-state index contributed by atoms with van der Waals surface area (Å²) in [4.78, 5) is 6.95. The molecule has 2 heterocycles. The standard InChI is InChI=1S/C24H32N4O2.HI/c1-25-24(26-12-9-20-7-8-22-23(15-20)30-18-29-22)27-16-21-11-14-28(17-21)13-10-19-5-3-2-4-6-19;/h2-8,15,21H,9-14,16-18H2,1H3,(H2,25,26,27);1H. The van der Waals surface area contributed by atoms with Crippen LogP contribution < -0.4 is 20.1 Å². The van der Waals surface area contributed by atoms with Crippen LogP contribution in [0.4, 0.5) is 0 Å². The van der Waals surface area contributed by atoms with Gasteiger partial charge in [-0.25, -0.2) is 0 Å². The smallest absolute Gasteiger partial charge is 0.231 e. The number of hydrogen-bond acceptors (Lipinski definition) is 4. The van der Waals surface area contributed by atoms with Gasteiger partial charge in [0.2, 0.25) is 6.79 Å². The predicted octanol–water partition coefficient (Wildman–Crippen LogP) is 3.31. The lowest BCUT2D eigenvalue weighted by molar-refractivity contribution is 0.174. The van der Waals surface area contributed by atoms with Crippen LogP contribution in [0.15, 0.2) is 53.5 Å². The number of nitrogens with one attached hydrogen (secondary N) is 2. The number of fused-ring (bicyclic) bond motifs is 1. The van der Waals surface area contributed by atoms with Crippen molar-refractivity contribution in [1.82, 2.24) is 15.5 Å². The lowest BCUT2D eigenvalue weighted by Gasteiger charge is -2.17. The van der Waals surface area contributed by atoms with E-state index in [1.165, 1.54) is 24.1 Å². The van der Waals surface area contributed by atoms with E-state index in [0.29, 0.717) is 12.7 Å². The number of ether oxygens (including phenoxy) is 2. The normalized spacial score (nSPS) is 18.0. The van der Waals surface area contributed by atoms with E-state index in [2.05, 4.69) is 63.0 Å². The van der Waals surface area contributed by atoms with Crippen LogP contribution in [0, 0.1) is 5.92 Å². The highest BCUT2D eigenvalue weighted by Crippen LogP contribution is 2.32. The van der Waals surface area contributed by atoms with Crippen LogP contribution in [0.2, 0.25) is 0 Å². The highest BCUT2D eigenvalue weighted by molar-refractivity contribution is 14.0. The molecule has 1 fully saturated rings. The first-order valence-corrected chi connectivity index (χ1v) is 10.9. The summed E-state index contributed by atoms with van der Waals surface area (Å²) in [6.07, 6.45) is 3.29. The second kappa shape index (κ2) is 12.1. The monoisotopic (exact) mass is 536 g/mol. The number of aliphatic imine (C=N–C) groups is 1. The van der Waals surface area contributed by atoms with Gasteiger partial charge in [-0.05, 0) is 55.0 Å². The molecule has 168 valence electrons. The fraction of sp³-hybridized carbons (Fsp3) is 0.458. The topological polar surface area (TPSA) is 58.1 Å². The molecule has 31 heavy (non-hydrogen) atoms. The maximum atomic E-state index is 5.45. The number of likely N-dealkylation sites (tertiary alicyclic amines) is 1. The van der Waals surface area contributed by atoms with Gasteiger partial charge in [0.05, 0.1) is 0 Å². The molecule has 2 N–H and O–H groups in total. The van der Waals surface area contributed by atoms with Gasteiger partial charge in [0, 0.05) is 33.2 Å². The largest absolute Gasteiger partial charge is 0.454 e. The van der Waals surface area contributed by atoms with Gasteiger partial charge < -0.3 is 25.0 Å². The molecule has 1 saturated heterocycles. The molecular formula is C24H33IN4O2. The molecule has 2 aromatic rings. The molecule has 2 aromatic carbocycles. The van der Waals surface area contributed by atoms with E-state index in [1.807, 2.05) is 13.1 Å². The lowest BCUT2D eigenvalue weighted by Crippen LogP contribution is -2.41. The van der Waals surface area contributed by atoms with Crippen molar-refractivity contribution < 1.29 is 9.47 Å². The number of benzene rings is 2. The summed E-state index contributed by atoms with van der Waals surface area (Å²) < 4.78 is 10.8. The van der Waals surface area contributed by atoms with Gasteiger partial charge in [-0.15, -0.1) is 24.0 Å². The maximum absolute atomic E-state index is 5.45. The molecule has 1 unspecified atom stereocenters. The van der Waals surface area contributed by atoms with Crippen molar-refractivity contribution in [2.45, 2.75) is 19.3 Å². The maximum Gasteiger partial charge on any atom is 0.231 e. The van der Waals surface area contributed by atoms with Crippen molar-refractivity contribution in [3.63, 3.8) is 0 Å². The third-order valence-electron chi connectivity index (χ3n) is 5.85. The Kier molecular flexibility index (Phi) is 9.27. The third kappa shape index (κ3) is 7.00. The summed E-state index contributed by atoms with van der Waals surface area (Å²) in [5.74, 6) is 3.22. The zero-order chi connectivity index (χ0) is 20.6. The Morgan fingerprint density at radius 1 is 1.03 bits per heavy atom. The summed E-state index contributed by atoms with van der Waals surface area (Å²) in [7, 11) is 1.83. The van der Waals surface area contributed by atoms with Gasteiger partial charge in [0.25, 0.3) is 0 Å². The molecule has 0 saturated carbocycles. The van der Waals surface area contributed by atoms with Gasteiger partial charge in [0.1, 0.15) is 0 Å². The fourth-order valence-electron chi connectivity index (χ4n) is 4.10. The summed E-state index contributed by atoms with van der Waals surface area (Å²) >= 11 is 0. The fourth-order valence-corrected chi connectivity index (χ4v) is 4.10. The van der Waals surface area contributed by atoms with Gasteiger partial charge in [-0.2, -0.15) is 0 Å². The summed E-state index contributed by atoms with van der Waals surface area (Å²) in [5.41, 5.74) is 2.65. The summed E-state index contributed by atoms with van der Waals surface area (Å²) in [6.45, 7) is 5.60. The van der Waals surface area contributed by atoms with Gasteiger partial charge >= 0.3 is 0 Å². The second-order valence-electron chi connectivity index (χ2n) is 8.01. The summed E-state index contributed by atoms with van der Waals surface area (Å²) in [5, 5.41) is 6.92. The van der Waals surface area contributed by atoms with E-state index in [4.69, 9.17) is 9.47 Å². The Balaban J connectivity index is 0.00000272. The first-order chi connectivity index (χ1) is 14.8. The second-order valence-corrected chi connectivity index (χ2v) is 8.01. The van der Waals surface area contributed by atoms with Crippen LogP contribution >= 0.6 is 24.0 Å². The molecule has 0 aliphatic carbocycles. The molecule has 0 aromatic heterocycles. The van der Waals surface area contributed by atoms with Crippen LogP contribution in [-0.4, -0.2) is 57.4 Å². The molecule has 0 spiro atoms. The Morgan fingerprint density at radius 3 is 2.71 bits per heavy atom. The number of nitrogens with zero attached hydrogens (tertiary/aromatic N) is 2. The Morgan fingerprint density at radius 2 is 1.87 bits per heavy atom. The Labute approximate surface area is 202 Å². The molecule has 1 atom stereocenters. The zero-order valence-electron chi connectivity index (χ0n) is 18.2. The molecule has 6 nitrogen and oxygen atoms in total. The molecule has 0 amide bonds. The van der Waals surface area contributed by atoms with Crippen LogP contribution in [-0.2, 0) is 12.8 Å². The van der Waals surface area contributed by atoms with Gasteiger partial charge in [-0.3, -0.25) is 4.99 Å². The van der Waals surface area contributed by atoms with Crippen molar-refractivity contribution in [1.29, 1.82) is 0 Å². The van der Waals surface area contributed by atoms with E-state index >= 15 is 0 Å². The quantitative estimate of drug-likeness (QED) is 0.308. The molecule has 2 aliphatic rings. The SMILES string of the molecule is CN=C(NCCc1ccc2c(c1)OCO2)NCC1CCN(CCc2ccccc2)C1.I. The first-order valence-electron chi connectivity index (χ1n) is 10.9. The van der Waals surface area contributed by atoms with E-state index in [1.54, 1.807) is 0 Å². The van der Waals surface area contributed by atoms with Crippen molar-refractivity contribution >= 4 is 29.9 Å². The summed E-state index contributed by atoms with van der Waals surface area (Å²) in [6, 6.07) is 16.9. The Bertz CT molecular complexity index is 847. The van der Waals surface area contributed by atoms with Crippen LogP contribution in [0.1, 0.15) is 17.5 Å². The minimum atomic E-state index is 0. The molecule has 2 aliphatic heterocycles. The van der Waals surface area contributed by atoms with Crippen molar-refractivity contribution in [3.8, 4) is 11.5 Å². The molecular weight excluding hydrogens is 503 g/mol. The highest BCUT2D eigenvalue weighted by atomic mass is 127. The Hall–Kier alpha value is -2.00. The molecule has 4 rings (SSSR count). The third-order valence-corrected chi connectivity index (χ3v) is 5.85. The highest BCUT2D eigenvalue weighted by Gasteiger charge is 2.22. The number of halogens is 1.